The first kappa shape index (κ1) is 35.2. The van der Waals surface area contributed by atoms with Gasteiger partial charge in [0.15, 0.2) is 0 Å². The molecule has 0 aromatic heterocycles. The summed E-state index contributed by atoms with van der Waals surface area (Å²) in [6, 6.07) is 53.8. The molecule has 52 heavy (non-hydrogen) atoms. The quantitative estimate of drug-likeness (QED) is 0.101. The van der Waals surface area contributed by atoms with E-state index in [4.69, 9.17) is 4.43 Å². The molecule has 3 aliphatic rings. The van der Waals surface area contributed by atoms with Gasteiger partial charge in [-0.1, -0.05) is 154 Å². The van der Waals surface area contributed by atoms with Crippen LogP contribution in [0.2, 0.25) is 5.04 Å². The first-order valence-electron chi connectivity index (χ1n) is 19.2. The van der Waals surface area contributed by atoms with Crippen LogP contribution in [0.1, 0.15) is 58.4 Å². The number of hydrogen-bond donors (Lipinski definition) is 0. The van der Waals surface area contributed by atoms with E-state index in [0.29, 0.717) is 18.4 Å². The number of rotatable bonds is 11. The summed E-state index contributed by atoms with van der Waals surface area (Å²) in [5.74, 6) is 1.02. The maximum absolute atomic E-state index is 16.2. The third-order valence-corrected chi connectivity index (χ3v) is 20.4. The summed E-state index contributed by atoms with van der Waals surface area (Å²) < 4.78 is 26.1. The third kappa shape index (κ3) is 6.43. The maximum Gasteiger partial charge on any atom is 0.261 e. The van der Waals surface area contributed by atoms with Crippen molar-refractivity contribution in [3.63, 3.8) is 0 Å². The Labute approximate surface area is 312 Å². The highest BCUT2D eigenvalue weighted by molar-refractivity contribution is 7.76. The second kappa shape index (κ2) is 14.2. The molecule has 5 aromatic rings. The highest BCUT2D eigenvalue weighted by Gasteiger charge is 2.62. The number of allylic oxidation sites excluding steroid dienone is 1. The molecule has 0 bridgehead atoms. The fourth-order valence-corrected chi connectivity index (χ4v) is 17.2. The Kier molecular flexibility index (Phi) is 9.64. The molecule has 2 fully saturated rings. The average molecular weight is 722 g/mol. The first-order chi connectivity index (χ1) is 25.3. The largest absolute Gasteiger partial charge is 0.407 e. The van der Waals surface area contributed by atoms with Gasteiger partial charge >= 0.3 is 0 Å². The summed E-state index contributed by atoms with van der Waals surface area (Å²) in [5, 5.41) is 4.49. The molecule has 0 unspecified atom stereocenters. The van der Waals surface area contributed by atoms with Crippen molar-refractivity contribution >= 4 is 42.2 Å². The minimum atomic E-state index is -3.17. The minimum Gasteiger partial charge on any atom is -0.407 e. The van der Waals surface area contributed by atoms with E-state index in [0.717, 1.165) is 36.5 Å². The fourth-order valence-electron chi connectivity index (χ4n) is 9.48. The lowest BCUT2D eigenvalue weighted by Gasteiger charge is -2.43. The molecule has 2 saturated carbocycles. The molecule has 1 aliphatic heterocycles. The van der Waals surface area contributed by atoms with Gasteiger partial charge in [0.2, 0.25) is 7.29 Å². The third-order valence-electron chi connectivity index (χ3n) is 12.2. The van der Waals surface area contributed by atoms with E-state index in [1.54, 1.807) is 0 Å². The van der Waals surface area contributed by atoms with Gasteiger partial charge in [-0.05, 0) is 100 Å². The molecule has 3 atom stereocenters. The minimum absolute atomic E-state index is 0.0493. The van der Waals surface area contributed by atoms with Crippen LogP contribution >= 0.6 is 7.29 Å². The average Bonchev–Trinajstić information content (AvgIpc) is 4.13. The fraction of sp³-hybridized carbons (Fsp3) is 0.319. The molecule has 266 valence electrons. The Bertz CT molecular complexity index is 1940. The standard InChI is InChI=1S/C47H52NO2PSi/c1-46(2,3)52(42-25-15-7-16-26-42,43-27-17-8-18-28-43)50-34-30-38-35-44(38)45-47(31-32-47)36-39(37-19-9-4-10-20-37)29-33-48(45)51(49,40-21-11-5-12-22-40)41-23-13-6-14-24-41/h4-29,38,44-45H,30-36H2,1-3H3/t38-,44+,45+/m1/s1. The lowest BCUT2D eigenvalue weighted by atomic mass is 9.84. The Morgan fingerprint density at radius 3 is 1.67 bits per heavy atom. The van der Waals surface area contributed by atoms with Crippen LogP contribution in [0.3, 0.4) is 0 Å². The predicted molar refractivity (Wildman–Crippen MR) is 221 cm³/mol. The summed E-state index contributed by atoms with van der Waals surface area (Å²) in [6.45, 7) is 8.50. The van der Waals surface area contributed by atoms with Crippen molar-refractivity contribution < 1.29 is 8.99 Å². The summed E-state index contributed by atoms with van der Waals surface area (Å²) >= 11 is 0. The molecular weight excluding hydrogens is 670 g/mol. The lowest BCUT2D eigenvalue weighted by molar-refractivity contribution is 0.200. The maximum atomic E-state index is 16.2. The van der Waals surface area contributed by atoms with Gasteiger partial charge in [0, 0.05) is 29.8 Å². The molecule has 0 N–H and O–H groups in total. The van der Waals surface area contributed by atoms with E-state index in [1.165, 1.54) is 34.4 Å². The SMILES string of the molecule is CC(C)(C)[Si](OCC[C@@H]1C[C@@H]1[C@@H]1N(P(=O)(c2ccccc2)c2ccccc2)CC=C(c2ccccc2)CC12CC2)(c1ccccc1)c1ccccc1. The highest BCUT2D eigenvalue weighted by Crippen LogP contribution is 2.68. The van der Waals surface area contributed by atoms with E-state index < -0.39 is 15.6 Å². The van der Waals surface area contributed by atoms with Crippen molar-refractivity contribution in [1.82, 2.24) is 4.67 Å². The lowest BCUT2D eigenvalue weighted by Crippen LogP contribution is -2.66. The number of nitrogens with zero attached hydrogens (tertiary/aromatic N) is 1. The molecule has 3 nitrogen and oxygen atoms in total. The normalized spacial score (nSPS) is 21.7. The second-order valence-corrected chi connectivity index (χ2v) is 23.4. The molecule has 0 amide bonds. The molecular formula is C47H52NO2PSi. The summed E-state index contributed by atoms with van der Waals surface area (Å²) in [4.78, 5) is 0. The van der Waals surface area contributed by atoms with E-state index in [-0.39, 0.29) is 16.5 Å². The van der Waals surface area contributed by atoms with Gasteiger partial charge in [0.1, 0.15) is 0 Å². The van der Waals surface area contributed by atoms with Crippen molar-refractivity contribution in [1.29, 1.82) is 0 Å². The summed E-state index contributed by atoms with van der Waals surface area (Å²) in [6.07, 6.45) is 8.02. The second-order valence-electron chi connectivity index (χ2n) is 16.4. The van der Waals surface area contributed by atoms with Crippen molar-refractivity contribution in [2.45, 2.75) is 64.0 Å². The Morgan fingerprint density at radius 1 is 0.712 bits per heavy atom. The van der Waals surface area contributed by atoms with Gasteiger partial charge in [0.05, 0.1) is 0 Å². The van der Waals surface area contributed by atoms with E-state index in [2.05, 4.69) is 171 Å². The monoisotopic (exact) mass is 721 g/mol. The van der Waals surface area contributed by atoms with Crippen molar-refractivity contribution in [3.05, 3.63) is 163 Å². The van der Waals surface area contributed by atoms with Crippen LogP contribution < -0.4 is 21.0 Å². The zero-order valence-electron chi connectivity index (χ0n) is 30.9. The van der Waals surface area contributed by atoms with Gasteiger partial charge in [-0.25, -0.2) is 4.67 Å². The van der Waals surface area contributed by atoms with Crippen LogP contribution in [0.4, 0.5) is 0 Å². The van der Waals surface area contributed by atoms with Gasteiger partial charge in [-0.2, -0.15) is 0 Å². The van der Waals surface area contributed by atoms with Crippen molar-refractivity contribution in [2.75, 3.05) is 13.2 Å². The van der Waals surface area contributed by atoms with Crippen LogP contribution in [0, 0.1) is 17.3 Å². The highest BCUT2D eigenvalue weighted by atomic mass is 31.2. The van der Waals surface area contributed by atoms with Gasteiger partial charge < -0.3 is 4.43 Å². The zero-order valence-corrected chi connectivity index (χ0v) is 32.8. The predicted octanol–water partition coefficient (Wildman–Crippen LogP) is 9.46. The van der Waals surface area contributed by atoms with Crippen molar-refractivity contribution in [3.8, 4) is 0 Å². The molecule has 5 heteroatoms. The molecule has 5 aromatic carbocycles. The van der Waals surface area contributed by atoms with E-state index in [1.807, 2.05) is 12.1 Å². The molecule has 0 saturated heterocycles. The van der Waals surface area contributed by atoms with Gasteiger partial charge in [-0.3, -0.25) is 4.57 Å². The summed E-state index contributed by atoms with van der Waals surface area (Å²) in [5.41, 5.74) is 2.83. The van der Waals surface area contributed by atoms with Crippen LogP contribution in [0.5, 0.6) is 0 Å². The molecule has 0 radical (unpaired) electrons. The first-order valence-corrected chi connectivity index (χ1v) is 22.8. The topological polar surface area (TPSA) is 29.5 Å². The molecule has 1 heterocycles. The summed E-state index contributed by atoms with van der Waals surface area (Å²) in [7, 11) is -5.79. The number of hydrogen-bond acceptors (Lipinski definition) is 2. The zero-order chi connectivity index (χ0) is 35.8. The number of benzene rings is 5. The Balaban J connectivity index is 1.14. The van der Waals surface area contributed by atoms with Crippen LogP contribution in [0.25, 0.3) is 5.57 Å². The Hall–Kier alpha value is -3.79. The van der Waals surface area contributed by atoms with Crippen LogP contribution in [0.15, 0.2) is 158 Å². The molecule has 1 spiro atoms. The molecule has 8 rings (SSSR count). The van der Waals surface area contributed by atoms with Gasteiger partial charge in [-0.15, -0.1) is 0 Å². The van der Waals surface area contributed by atoms with E-state index in [9.17, 15) is 0 Å². The van der Waals surface area contributed by atoms with E-state index >= 15 is 4.57 Å². The van der Waals surface area contributed by atoms with Gasteiger partial charge in [0.25, 0.3) is 8.32 Å². The smallest absolute Gasteiger partial charge is 0.261 e. The Morgan fingerprint density at radius 2 is 1.19 bits per heavy atom. The molecule has 2 aliphatic carbocycles. The van der Waals surface area contributed by atoms with Crippen LogP contribution in [-0.2, 0) is 8.99 Å². The van der Waals surface area contributed by atoms with Crippen molar-refractivity contribution in [2.24, 2.45) is 17.3 Å². The van der Waals surface area contributed by atoms with Crippen LogP contribution in [-0.4, -0.2) is 32.2 Å².